The van der Waals surface area contributed by atoms with Crippen molar-refractivity contribution in [2.75, 3.05) is 19.6 Å². The number of aliphatic hydroxyl groups is 1. The molecule has 0 aromatic heterocycles. The third kappa shape index (κ3) is 5.72. The van der Waals surface area contributed by atoms with Gasteiger partial charge in [-0.2, -0.15) is 0 Å². The molecule has 0 aliphatic heterocycles. The molecule has 1 N–H and O–H groups in total. The molecule has 0 radical (unpaired) electrons. The van der Waals surface area contributed by atoms with Crippen molar-refractivity contribution in [1.29, 1.82) is 0 Å². The molecule has 1 aromatic carbocycles. The number of hydrogen-bond acceptors (Lipinski definition) is 2. The maximum Gasteiger partial charge on any atom is 0.126 e. The van der Waals surface area contributed by atoms with Gasteiger partial charge in [-0.3, -0.25) is 0 Å². The fraction of sp³-hybridized carbons (Fsp3) is 0.700. The summed E-state index contributed by atoms with van der Waals surface area (Å²) in [6.07, 6.45) is 6.78. The molecule has 4 heteroatoms. The van der Waals surface area contributed by atoms with Gasteiger partial charge in [-0.25, -0.2) is 4.39 Å². The maximum atomic E-state index is 14.0. The van der Waals surface area contributed by atoms with Crippen molar-refractivity contribution in [3.63, 3.8) is 0 Å². The van der Waals surface area contributed by atoms with Crippen LogP contribution in [-0.2, 0) is 6.42 Å². The van der Waals surface area contributed by atoms with Crippen molar-refractivity contribution >= 4 is 12.4 Å². The van der Waals surface area contributed by atoms with Crippen molar-refractivity contribution in [1.82, 2.24) is 4.90 Å². The highest BCUT2D eigenvalue weighted by molar-refractivity contribution is 5.85. The zero-order chi connectivity index (χ0) is 16.7. The van der Waals surface area contributed by atoms with Crippen LogP contribution in [0, 0.1) is 11.7 Å². The van der Waals surface area contributed by atoms with Crippen molar-refractivity contribution in [2.45, 2.75) is 64.4 Å². The Morgan fingerprint density at radius 1 is 1.17 bits per heavy atom. The molecule has 0 heterocycles. The molecular formula is C20H33ClFNO. The molecule has 2 nitrogen and oxygen atoms in total. The van der Waals surface area contributed by atoms with Crippen LogP contribution in [-0.4, -0.2) is 35.2 Å². The van der Waals surface area contributed by atoms with E-state index in [0.29, 0.717) is 12.0 Å². The Balaban J connectivity index is 0.00000288. The quantitative estimate of drug-likeness (QED) is 0.720. The summed E-state index contributed by atoms with van der Waals surface area (Å²) in [5, 5.41) is 11.3. The van der Waals surface area contributed by atoms with Gasteiger partial charge < -0.3 is 10.0 Å². The van der Waals surface area contributed by atoms with E-state index in [9.17, 15) is 9.50 Å². The molecule has 1 aromatic rings. The lowest BCUT2D eigenvalue weighted by Crippen LogP contribution is -2.48. The average molecular weight is 358 g/mol. The predicted molar refractivity (Wildman–Crippen MR) is 101 cm³/mol. The van der Waals surface area contributed by atoms with Crippen LogP contribution in [0.15, 0.2) is 24.3 Å². The normalized spacial score (nSPS) is 24.0. The van der Waals surface area contributed by atoms with Gasteiger partial charge in [0.15, 0.2) is 0 Å². The summed E-state index contributed by atoms with van der Waals surface area (Å²) < 4.78 is 14.0. The van der Waals surface area contributed by atoms with E-state index < -0.39 is 5.60 Å². The molecule has 0 amide bonds. The van der Waals surface area contributed by atoms with E-state index in [1.165, 1.54) is 12.5 Å². The van der Waals surface area contributed by atoms with Crippen molar-refractivity contribution in [3.8, 4) is 0 Å². The van der Waals surface area contributed by atoms with Crippen LogP contribution in [0.1, 0.15) is 57.9 Å². The molecule has 0 spiro atoms. The summed E-state index contributed by atoms with van der Waals surface area (Å²) in [6.45, 7) is 7.51. The van der Waals surface area contributed by atoms with Crippen LogP contribution >= 0.6 is 12.4 Å². The second-order valence-electron chi connectivity index (χ2n) is 7.12. The first-order valence-electron chi connectivity index (χ1n) is 9.27. The molecule has 2 rings (SSSR count). The van der Waals surface area contributed by atoms with Crippen molar-refractivity contribution < 1.29 is 9.50 Å². The van der Waals surface area contributed by atoms with Gasteiger partial charge >= 0.3 is 0 Å². The second kappa shape index (κ2) is 10.4. The summed E-state index contributed by atoms with van der Waals surface area (Å²) in [7, 11) is 0. The van der Waals surface area contributed by atoms with Crippen LogP contribution in [0.3, 0.4) is 0 Å². The minimum atomic E-state index is -0.764. The summed E-state index contributed by atoms with van der Waals surface area (Å²) >= 11 is 0. The van der Waals surface area contributed by atoms with E-state index in [1.807, 2.05) is 12.1 Å². The van der Waals surface area contributed by atoms with Crippen LogP contribution in [0.25, 0.3) is 0 Å². The largest absolute Gasteiger partial charge is 0.389 e. The van der Waals surface area contributed by atoms with Gasteiger partial charge in [0.2, 0.25) is 0 Å². The monoisotopic (exact) mass is 357 g/mol. The summed E-state index contributed by atoms with van der Waals surface area (Å²) in [5.74, 6) is 0.0539. The molecule has 0 saturated heterocycles. The smallest absolute Gasteiger partial charge is 0.126 e. The van der Waals surface area contributed by atoms with Gasteiger partial charge in [0, 0.05) is 18.9 Å². The number of rotatable bonds is 8. The Bertz CT molecular complexity index is 478. The Kier molecular flexibility index (Phi) is 9.25. The zero-order valence-corrected chi connectivity index (χ0v) is 16.0. The average Bonchev–Trinajstić information content (AvgIpc) is 2.52. The molecule has 1 aliphatic rings. The molecule has 0 unspecified atom stereocenters. The van der Waals surface area contributed by atoms with E-state index in [0.717, 1.165) is 51.7 Å². The first-order valence-corrected chi connectivity index (χ1v) is 9.27. The van der Waals surface area contributed by atoms with Crippen LogP contribution in [0.2, 0.25) is 0 Å². The molecule has 1 aliphatic carbocycles. The lowest BCUT2D eigenvalue weighted by molar-refractivity contribution is -0.0596. The Labute approximate surface area is 152 Å². The van der Waals surface area contributed by atoms with Crippen LogP contribution in [0.4, 0.5) is 4.39 Å². The van der Waals surface area contributed by atoms with E-state index in [1.54, 1.807) is 6.07 Å². The number of benzene rings is 1. The molecule has 1 fully saturated rings. The molecular weight excluding hydrogens is 325 g/mol. The van der Waals surface area contributed by atoms with Crippen molar-refractivity contribution in [3.05, 3.63) is 35.6 Å². The Morgan fingerprint density at radius 3 is 2.46 bits per heavy atom. The third-order valence-electron chi connectivity index (χ3n) is 5.18. The molecule has 138 valence electrons. The van der Waals surface area contributed by atoms with E-state index in [-0.39, 0.29) is 24.1 Å². The summed E-state index contributed by atoms with van der Waals surface area (Å²) in [6, 6.07) is 6.89. The Hall–Kier alpha value is -0.640. The minimum Gasteiger partial charge on any atom is -0.389 e. The molecule has 0 bridgehead atoms. The van der Waals surface area contributed by atoms with Gasteiger partial charge in [-0.15, -0.1) is 12.4 Å². The van der Waals surface area contributed by atoms with Crippen LogP contribution < -0.4 is 0 Å². The molecule has 1 saturated carbocycles. The highest BCUT2D eigenvalue weighted by Crippen LogP contribution is 2.37. The number of halogens is 2. The summed E-state index contributed by atoms with van der Waals surface area (Å²) in [4.78, 5) is 2.47. The predicted octanol–water partition coefficient (Wildman–Crippen LogP) is 4.83. The van der Waals surface area contributed by atoms with E-state index in [2.05, 4.69) is 18.7 Å². The van der Waals surface area contributed by atoms with E-state index in [4.69, 9.17) is 0 Å². The molecule has 2 atom stereocenters. The van der Waals surface area contributed by atoms with Gasteiger partial charge in [0.1, 0.15) is 5.82 Å². The fourth-order valence-electron chi connectivity index (χ4n) is 4.00. The van der Waals surface area contributed by atoms with Crippen molar-refractivity contribution in [2.24, 2.45) is 5.92 Å². The maximum absolute atomic E-state index is 14.0. The summed E-state index contributed by atoms with van der Waals surface area (Å²) in [5.41, 5.74) is -0.111. The highest BCUT2D eigenvalue weighted by Gasteiger charge is 2.39. The SMILES string of the molecule is CCCN(CCC)C[C@H]1CCCC[C@]1(O)Cc1ccccc1F.Cl. The van der Waals surface area contributed by atoms with Gasteiger partial charge in [0.25, 0.3) is 0 Å². The number of hydrogen-bond donors (Lipinski definition) is 1. The number of nitrogens with zero attached hydrogens (tertiary/aromatic N) is 1. The molecule has 24 heavy (non-hydrogen) atoms. The fourth-order valence-corrected chi connectivity index (χ4v) is 4.00. The third-order valence-corrected chi connectivity index (χ3v) is 5.18. The lowest BCUT2D eigenvalue weighted by atomic mass is 9.72. The first kappa shape index (κ1) is 21.4. The van der Waals surface area contributed by atoms with Crippen LogP contribution in [0.5, 0.6) is 0 Å². The van der Waals surface area contributed by atoms with E-state index >= 15 is 0 Å². The Morgan fingerprint density at radius 2 is 1.83 bits per heavy atom. The standard InChI is InChI=1S/C20H32FNO.ClH/c1-3-13-22(14-4-2)16-18-10-7-8-12-20(18,23)15-17-9-5-6-11-19(17)21;/h5-6,9,11,18,23H,3-4,7-8,10,12-16H2,1-2H3;1H/t18-,20+;/m1./s1. The van der Waals surface area contributed by atoms with Gasteiger partial charge in [0.05, 0.1) is 5.60 Å². The second-order valence-corrected chi connectivity index (χ2v) is 7.12. The highest BCUT2D eigenvalue weighted by atomic mass is 35.5. The van der Waals surface area contributed by atoms with Gasteiger partial charge in [-0.1, -0.05) is 44.9 Å². The topological polar surface area (TPSA) is 23.5 Å². The minimum absolute atomic E-state index is 0. The van der Waals surface area contributed by atoms with Gasteiger partial charge in [-0.05, 0) is 50.4 Å². The lowest BCUT2D eigenvalue weighted by Gasteiger charge is -2.42. The first-order chi connectivity index (χ1) is 11.1. The zero-order valence-electron chi connectivity index (χ0n) is 15.1.